The quantitative estimate of drug-likeness (QED) is 0.904. The Labute approximate surface area is 121 Å². The van der Waals surface area contributed by atoms with Crippen LogP contribution in [0, 0.1) is 0 Å². The Morgan fingerprint density at radius 2 is 1.90 bits per heavy atom. The van der Waals surface area contributed by atoms with Gasteiger partial charge in [0, 0.05) is 6.54 Å². The summed E-state index contributed by atoms with van der Waals surface area (Å²) in [6.07, 6.45) is -5.10. The van der Waals surface area contributed by atoms with Crippen molar-refractivity contribution < 1.29 is 22.7 Å². The van der Waals surface area contributed by atoms with Gasteiger partial charge < -0.3 is 10.1 Å². The fourth-order valence-electron chi connectivity index (χ4n) is 1.52. The van der Waals surface area contributed by atoms with Crippen molar-refractivity contribution in [1.29, 1.82) is 0 Å². The predicted molar refractivity (Wildman–Crippen MR) is 74.6 cm³/mol. The second kappa shape index (κ2) is 6.20. The molecular weight excluding hydrogens is 283 g/mol. The summed E-state index contributed by atoms with van der Waals surface area (Å²) in [7, 11) is 0. The van der Waals surface area contributed by atoms with Gasteiger partial charge >= 0.3 is 12.3 Å². The minimum absolute atomic E-state index is 0.0222. The third-order valence-electron chi connectivity index (χ3n) is 2.45. The molecule has 3 nitrogen and oxygen atoms in total. The molecule has 1 amide bonds. The molecule has 0 spiro atoms. The Morgan fingerprint density at radius 1 is 1.29 bits per heavy atom. The van der Waals surface area contributed by atoms with E-state index >= 15 is 0 Å². The summed E-state index contributed by atoms with van der Waals surface area (Å²) in [5.41, 5.74) is -1.03. The van der Waals surface area contributed by atoms with Crippen molar-refractivity contribution in [2.75, 3.05) is 0 Å². The van der Waals surface area contributed by atoms with Gasteiger partial charge in [-0.3, -0.25) is 0 Å². The highest BCUT2D eigenvalue weighted by Crippen LogP contribution is 2.32. The van der Waals surface area contributed by atoms with Crippen LogP contribution in [0.1, 0.15) is 31.9 Å². The van der Waals surface area contributed by atoms with E-state index in [4.69, 9.17) is 4.74 Å². The highest BCUT2D eigenvalue weighted by atomic mass is 19.4. The molecule has 116 valence electrons. The molecule has 0 unspecified atom stereocenters. The van der Waals surface area contributed by atoms with Crippen LogP contribution in [0.25, 0.3) is 5.57 Å². The highest BCUT2D eigenvalue weighted by Gasteiger charge is 2.32. The molecule has 0 heterocycles. The Kier molecular flexibility index (Phi) is 5.04. The molecule has 0 radical (unpaired) electrons. The number of halogens is 3. The lowest BCUT2D eigenvalue weighted by Gasteiger charge is -2.19. The van der Waals surface area contributed by atoms with Crippen molar-refractivity contribution in [2.45, 2.75) is 39.1 Å². The van der Waals surface area contributed by atoms with Crippen molar-refractivity contribution in [1.82, 2.24) is 5.32 Å². The Morgan fingerprint density at radius 3 is 2.43 bits per heavy atom. The average molecular weight is 301 g/mol. The number of hydrogen-bond donors (Lipinski definition) is 1. The first kappa shape index (κ1) is 17.1. The number of amides is 1. The number of ether oxygens (including phenoxy) is 1. The highest BCUT2D eigenvalue weighted by molar-refractivity contribution is 5.69. The first-order valence-corrected chi connectivity index (χ1v) is 6.31. The number of carbonyl (C=O) groups is 1. The number of hydrogen-bond acceptors (Lipinski definition) is 2. The van der Waals surface area contributed by atoms with Crippen molar-refractivity contribution in [2.24, 2.45) is 0 Å². The Bertz CT molecular complexity index is 530. The second-order valence-electron chi connectivity index (χ2n) is 5.53. The largest absolute Gasteiger partial charge is 0.444 e. The van der Waals surface area contributed by atoms with E-state index in [1.54, 1.807) is 26.8 Å². The van der Waals surface area contributed by atoms with E-state index in [1.165, 1.54) is 18.2 Å². The predicted octanol–water partition coefficient (Wildman–Crippen LogP) is 4.29. The third-order valence-corrected chi connectivity index (χ3v) is 2.45. The van der Waals surface area contributed by atoms with Gasteiger partial charge in [-0.2, -0.15) is 13.2 Å². The van der Waals surface area contributed by atoms with Crippen molar-refractivity contribution in [3.63, 3.8) is 0 Å². The zero-order valence-electron chi connectivity index (χ0n) is 12.2. The summed E-state index contributed by atoms with van der Waals surface area (Å²) in [5.74, 6) is 0. The molecule has 0 saturated carbocycles. The molecule has 0 aromatic heterocycles. The average Bonchev–Trinajstić information content (AvgIpc) is 2.32. The molecule has 1 N–H and O–H groups in total. The minimum atomic E-state index is -4.47. The van der Waals surface area contributed by atoms with Crippen molar-refractivity contribution in [3.8, 4) is 0 Å². The maximum absolute atomic E-state index is 12.6. The molecule has 1 aromatic carbocycles. The van der Waals surface area contributed by atoms with Crippen molar-refractivity contribution >= 4 is 11.7 Å². The summed E-state index contributed by atoms with van der Waals surface area (Å²) >= 11 is 0. The smallest absolute Gasteiger partial charge is 0.416 e. The molecule has 1 rings (SSSR count). The zero-order valence-corrected chi connectivity index (χ0v) is 12.2. The van der Waals surface area contributed by atoms with Gasteiger partial charge in [0.2, 0.25) is 0 Å². The molecule has 0 aliphatic heterocycles. The van der Waals surface area contributed by atoms with Crippen molar-refractivity contribution in [3.05, 3.63) is 42.0 Å². The van der Waals surface area contributed by atoms with Crippen LogP contribution in [0.2, 0.25) is 0 Å². The van der Waals surface area contributed by atoms with E-state index in [2.05, 4.69) is 11.9 Å². The number of rotatable bonds is 3. The van der Waals surface area contributed by atoms with Crippen LogP contribution in [0.4, 0.5) is 18.0 Å². The molecular formula is C15H18F3NO2. The summed E-state index contributed by atoms with van der Waals surface area (Å²) < 4.78 is 42.8. The van der Waals surface area contributed by atoms with Gasteiger partial charge in [0.15, 0.2) is 0 Å². The topological polar surface area (TPSA) is 38.3 Å². The van der Waals surface area contributed by atoms with Crippen LogP contribution in [0.3, 0.4) is 0 Å². The van der Waals surface area contributed by atoms with Gasteiger partial charge in [0.25, 0.3) is 0 Å². The zero-order chi connectivity index (χ0) is 16.3. The van der Waals surface area contributed by atoms with Crippen LogP contribution in [0.5, 0.6) is 0 Å². The van der Waals surface area contributed by atoms with E-state index in [-0.39, 0.29) is 12.1 Å². The molecule has 0 saturated heterocycles. The number of allylic oxidation sites excluding steroid dienone is 1. The van der Waals surface area contributed by atoms with Crippen LogP contribution >= 0.6 is 0 Å². The molecule has 21 heavy (non-hydrogen) atoms. The monoisotopic (exact) mass is 301 g/mol. The van der Waals surface area contributed by atoms with Crippen LogP contribution in [0.15, 0.2) is 30.8 Å². The second-order valence-corrected chi connectivity index (χ2v) is 5.53. The van der Waals surface area contributed by atoms with E-state index in [0.29, 0.717) is 5.56 Å². The molecule has 0 atom stereocenters. The molecule has 0 fully saturated rings. The van der Waals surface area contributed by atoms with E-state index < -0.39 is 23.4 Å². The molecule has 6 heteroatoms. The lowest BCUT2D eigenvalue weighted by molar-refractivity contribution is -0.0686. The molecule has 0 aliphatic rings. The maximum atomic E-state index is 12.6. The minimum Gasteiger partial charge on any atom is -0.444 e. The summed E-state index contributed by atoms with van der Waals surface area (Å²) in [5, 5.41) is 2.49. The SMILES string of the molecule is C=C(c1cccc(CNC(=O)OC(C)(C)C)c1)C(F)(F)F. The number of alkyl carbamates (subject to hydrolysis) is 1. The summed E-state index contributed by atoms with van der Waals surface area (Å²) in [6, 6.07) is 5.77. The normalized spacial score (nSPS) is 11.9. The van der Waals surface area contributed by atoms with Crippen LogP contribution in [-0.4, -0.2) is 17.9 Å². The van der Waals surface area contributed by atoms with E-state index in [9.17, 15) is 18.0 Å². The van der Waals surface area contributed by atoms with Gasteiger partial charge in [-0.15, -0.1) is 0 Å². The Balaban J connectivity index is 2.70. The van der Waals surface area contributed by atoms with Gasteiger partial charge in [0.05, 0.1) is 5.57 Å². The van der Waals surface area contributed by atoms with Gasteiger partial charge in [0.1, 0.15) is 5.60 Å². The fraction of sp³-hybridized carbons (Fsp3) is 0.400. The first-order chi connectivity index (χ1) is 9.49. The summed E-state index contributed by atoms with van der Waals surface area (Å²) in [6.45, 7) is 8.29. The van der Waals surface area contributed by atoms with E-state index in [0.717, 1.165) is 0 Å². The number of alkyl halides is 3. The van der Waals surface area contributed by atoms with Gasteiger partial charge in [-0.1, -0.05) is 24.8 Å². The molecule has 0 aliphatic carbocycles. The summed E-state index contributed by atoms with van der Waals surface area (Å²) in [4.78, 5) is 11.5. The van der Waals surface area contributed by atoms with Crippen LogP contribution in [-0.2, 0) is 11.3 Å². The lowest BCUT2D eigenvalue weighted by Crippen LogP contribution is -2.32. The molecule has 1 aromatic rings. The fourth-order valence-corrected chi connectivity index (χ4v) is 1.52. The molecule has 0 bridgehead atoms. The van der Waals surface area contributed by atoms with Crippen LogP contribution < -0.4 is 5.32 Å². The lowest BCUT2D eigenvalue weighted by atomic mass is 10.0. The standard InChI is InChI=1S/C15H18F3NO2/c1-10(15(16,17)18)12-7-5-6-11(8-12)9-19-13(20)21-14(2,3)4/h5-8H,1,9H2,2-4H3,(H,19,20). The number of benzene rings is 1. The van der Waals surface area contributed by atoms with Gasteiger partial charge in [-0.25, -0.2) is 4.79 Å². The maximum Gasteiger partial charge on any atom is 0.416 e. The number of nitrogens with one attached hydrogen (secondary N) is 1. The first-order valence-electron chi connectivity index (χ1n) is 6.31. The Hall–Kier alpha value is -1.98. The number of carbonyl (C=O) groups excluding carboxylic acids is 1. The van der Waals surface area contributed by atoms with E-state index in [1.807, 2.05) is 0 Å². The van der Waals surface area contributed by atoms with Gasteiger partial charge in [-0.05, 0) is 38.0 Å². The third kappa shape index (κ3) is 5.89.